The van der Waals surface area contributed by atoms with E-state index >= 15 is 0 Å². The molecule has 3 N–H and O–H groups in total. The van der Waals surface area contributed by atoms with Crippen molar-refractivity contribution >= 4 is 27.5 Å². The van der Waals surface area contributed by atoms with E-state index in [1.54, 1.807) is 37.7 Å². The molecule has 0 spiro atoms. The second-order valence-corrected chi connectivity index (χ2v) is 7.27. The van der Waals surface area contributed by atoms with Crippen LogP contribution in [0.5, 0.6) is 0 Å². The molecule has 1 aromatic rings. The van der Waals surface area contributed by atoms with Crippen LogP contribution in [0.15, 0.2) is 17.0 Å². The standard InChI is InChI=1S/C13H22N2O2S2/c1-10-8-12(14)9-11(2)13(10)19(16,17)15-6-4-5-7-18-3/h8-9,15H,4-7,14H2,1-3H3. The first kappa shape index (κ1) is 16.3. The molecule has 0 aromatic heterocycles. The van der Waals surface area contributed by atoms with Gasteiger partial charge < -0.3 is 5.73 Å². The summed E-state index contributed by atoms with van der Waals surface area (Å²) >= 11 is 1.77. The lowest BCUT2D eigenvalue weighted by atomic mass is 10.1. The average molecular weight is 302 g/mol. The third-order valence-corrected chi connectivity index (χ3v) is 5.28. The summed E-state index contributed by atoms with van der Waals surface area (Å²) in [6.45, 7) is 4.02. The summed E-state index contributed by atoms with van der Waals surface area (Å²) in [6, 6.07) is 3.38. The lowest BCUT2D eigenvalue weighted by molar-refractivity contribution is 0.577. The third kappa shape index (κ3) is 4.71. The molecule has 0 bridgehead atoms. The van der Waals surface area contributed by atoms with Gasteiger partial charge in [0.2, 0.25) is 10.0 Å². The van der Waals surface area contributed by atoms with Gasteiger partial charge in [-0.2, -0.15) is 11.8 Å². The normalized spacial score (nSPS) is 11.7. The molecule has 0 aliphatic carbocycles. The maximum atomic E-state index is 12.3. The molecule has 19 heavy (non-hydrogen) atoms. The number of benzene rings is 1. The highest BCUT2D eigenvalue weighted by molar-refractivity contribution is 7.98. The fraction of sp³-hybridized carbons (Fsp3) is 0.538. The molecule has 0 unspecified atom stereocenters. The predicted molar refractivity (Wildman–Crippen MR) is 83.1 cm³/mol. The minimum Gasteiger partial charge on any atom is -0.399 e. The van der Waals surface area contributed by atoms with Gasteiger partial charge in [0.15, 0.2) is 0 Å². The van der Waals surface area contributed by atoms with Crippen molar-refractivity contribution in [2.75, 3.05) is 24.3 Å². The third-order valence-electron chi connectivity index (χ3n) is 2.82. The fourth-order valence-corrected chi connectivity index (χ4v) is 4.07. The van der Waals surface area contributed by atoms with E-state index in [0.717, 1.165) is 18.6 Å². The van der Waals surface area contributed by atoms with Crippen molar-refractivity contribution in [1.82, 2.24) is 4.72 Å². The molecular formula is C13H22N2O2S2. The smallest absolute Gasteiger partial charge is 0.241 e. The first-order chi connectivity index (χ1) is 8.88. The highest BCUT2D eigenvalue weighted by atomic mass is 32.2. The topological polar surface area (TPSA) is 72.2 Å². The van der Waals surface area contributed by atoms with E-state index < -0.39 is 10.0 Å². The van der Waals surface area contributed by atoms with Gasteiger partial charge in [0, 0.05) is 12.2 Å². The van der Waals surface area contributed by atoms with Gasteiger partial charge in [-0.3, -0.25) is 0 Å². The van der Waals surface area contributed by atoms with E-state index in [1.165, 1.54) is 0 Å². The van der Waals surface area contributed by atoms with E-state index in [1.807, 2.05) is 6.26 Å². The summed E-state index contributed by atoms with van der Waals surface area (Å²) in [6.07, 6.45) is 3.92. The molecule has 0 saturated carbocycles. The van der Waals surface area contributed by atoms with Crippen LogP contribution in [0, 0.1) is 13.8 Å². The Labute approximate surface area is 120 Å². The second-order valence-electron chi connectivity index (χ2n) is 4.58. The van der Waals surface area contributed by atoms with Crippen molar-refractivity contribution in [3.8, 4) is 0 Å². The number of sulfonamides is 1. The lowest BCUT2D eigenvalue weighted by Crippen LogP contribution is -2.26. The van der Waals surface area contributed by atoms with E-state index in [4.69, 9.17) is 5.73 Å². The van der Waals surface area contributed by atoms with Gasteiger partial charge in [-0.15, -0.1) is 0 Å². The molecule has 4 nitrogen and oxygen atoms in total. The molecule has 0 aliphatic rings. The molecule has 1 aromatic carbocycles. The Morgan fingerprint density at radius 3 is 2.32 bits per heavy atom. The molecule has 0 heterocycles. The maximum Gasteiger partial charge on any atom is 0.241 e. The van der Waals surface area contributed by atoms with Crippen LogP contribution in [-0.4, -0.2) is 27.0 Å². The minimum absolute atomic E-state index is 0.353. The number of thioether (sulfide) groups is 1. The number of unbranched alkanes of at least 4 members (excludes halogenated alkanes) is 1. The maximum absolute atomic E-state index is 12.3. The van der Waals surface area contributed by atoms with Crippen LogP contribution in [0.25, 0.3) is 0 Å². The van der Waals surface area contributed by atoms with Crippen molar-refractivity contribution in [2.45, 2.75) is 31.6 Å². The number of nitrogens with one attached hydrogen (secondary N) is 1. The van der Waals surface area contributed by atoms with Gasteiger partial charge in [-0.1, -0.05) is 0 Å². The first-order valence-electron chi connectivity index (χ1n) is 6.24. The number of rotatable bonds is 7. The second kappa shape index (κ2) is 7.17. The number of nitrogen functional groups attached to an aromatic ring is 1. The van der Waals surface area contributed by atoms with Crippen molar-refractivity contribution in [1.29, 1.82) is 0 Å². The van der Waals surface area contributed by atoms with Gasteiger partial charge in [0.05, 0.1) is 4.90 Å². The highest BCUT2D eigenvalue weighted by Crippen LogP contribution is 2.22. The van der Waals surface area contributed by atoms with Gasteiger partial charge >= 0.3 is 0 Å². The van der Waals surface area contributed by atoms with E-state index in [2.05, 4.69) is 4.72 Å². The van der Waals surface area contributed by atoms with E-state index in [9.17, 15) is 8.42 Å². The van der Waals surface area contributed by atoms with Crippen LogP contribution >= 0.6 is 11.8 Å². The Morgan fingerprint density at radius 1 is 1.21 bits per heavy atom. The number of anilines is 1. The Balaban J connectivity index is 2.78. The van der Waals surface area contributed by atoms with Crippen molar-refractivity contribution in [2.24, 2.45) is 0 Å². The molecule has 0 radical (unpaired) electrons. The Morgan fingerprint density at radius 2 is 1.79 bits per heavy atom. The summed E-state index contributed by atoms with van der Waals surface area (Å²) in [5.74, 6) is 1.06. The zero-order chi connectivity index (χ0) is 14.5. The predicted octanol–water partition coefficient (Wildman–Crippen LogP) is 2.31. The van der Waals surface area contributed by atoms with E-state index in [0.29, 0.717) is 28.3 Å². The zero-order valence-electron chi connectivity index (χ0n) is 11.7. The SMILES string of the molecule is CSCCCCNS(=O)(=O)c1c(C)cc(N)cc1C. The van der Waals surface area contributed by atoms with Crippen LogP contribution in [-0.2, 0) is 10.0 Å². The number of nitrogens with two attached hydrogens (primary N) is 1. The summed E-state index contributed by atoms with van der Waals surface area (Å²) in [7, 11) is -3.44. The molecule has 0 atom stereocenters. The molecule has 0 saturated heterocycles. The largest absolute Gasteiger partial charge is 0.399 e. The average Bonchev–Trinajstić information content (AvgIpc) is 2.26. The zero-order valence-corrected chi connectivity index (χ0v) is 13.3. The van der Waals surface area contributed by atoms with Crippen molar-refractivity contribution in [3.63, 3.8) is 0 Å². The lowest BCUT2D eigenvalue weighted by Gasteiger charge is -2.12. The summed E-state index contributed by atoms with van der Waals surface area (Å²) in [4.78, 5) is 0.353. The Bertz CT molecular complexity index is 504. The molecule has 6 heteroatoms. The van der Waals surface area contributed by atoms with Gasteiger partial charge in [-0.05, 0) is 62.0 Å². The molecule has 0 amide bonds. The van der Waals surface area contributed by atoms with Gasteiger partial charge in [0.1, 0.15) is 0 Å². The number of hydrogen-bond donors (Lipinski definition) is 2. The van der Waals surface area contributed by atoms with Crippen LogP contribution in [0.4, 0.5) is 5.69 Å². The molecule has 108 valence electrons. The molecule has 1 rings (SSSR count). The van der Waals surface area contributed by atoms with Crippen molar-refractivity contribution in [3.05, 3.63) is 23.3 Å². The van der Waals surface area contributed by atoms with Crippen LogP contribution in [0.1, 0.15) is 24.0 Å². The van der Waals surface area contributed by atoms with Crippen LogP contribution in [0.3, 0.4) is 0 Å². The van der Waals surface area contributed by atoms with Crippen LogP contribution in [0.2, 0.25) is 0 Å². The summed E-state index contributed by atoms with van der Waals surface area (Å²) in [5, 5.41) is 0. The van der Waals surface area contributed by atoms with Crippen molar-refractivity contribution < 1.29 is 8.42 Å². The molecule has 0 aliphatic heterocycles. The van der Waals surface area contributed by atoms with E-state index in [-0.39, 0.29) is 0 Å². The van der Waals surface area contributed by atoms with Gasteiger partial charge in [0.25, 0.3) is 0 Å². The van der Waals surface area contributed by atoms with Gasteiger partial charge in [-0.25, -0.2) is 13.1 Å². The Hall–Kier alpha value is -0.720. The summed E-state index contributed by atoms with van der Waals surface area (Å²) < 4.78 is 27.2. The fourth-order valence-electron chi connectivity index (χ4n) is 2.06. The highest BCUT2D eigenvalue weighted by Gasteiger charge is 2.19. The molecular weight excluding hydrogens is 280 g/mol. The minimum atomic E-state index is -3.44. The number of aryl methyl sites for hydroxylation is 2. The monoisotopic (exact) mass is 302 g/mol. The first-order valence-corrected chi connectivity index (χ1v) is 9.11. The number of hydrogen-bond acceptors (Lipinski definition) is 4. The summed E-state index contributed by atoms with van der Waals surface area (Å²) in [5.41, 5.74) is 7.68. The Kier molecular flexibility index (Phi) is 6.16. The van der Waals surface area contributed by atoms with Crippen LogP contribution < -0.4 is 10.5 Å². The quantitative estimate of drug-likeness (QED) is 0.599. The molecule has 0 fully saturated rings.